The summed E-state index contributed by atoms with van der Waals surface area (Å²) in [6.07, 6.45) is -0.660. The molecule has 0 radical (unpaired) electrons. The molecule has 7 heteroatoms. The van der Waals surface area contributed by atoms with E-state index in [-0.39, 0.29) is 17.2 Å². The van der Waals surface area contributed by atoms with Crippen molar-refractivity contribution in [1.82, 2.24) is 5.43 Å². The number of hydrazine groups is 1. The Labute approximate surface area is 118 Å². The van der Waals surface area contributed by atoms with Crippen LogP contribution in [0.25, 0.3) is 0 Å². The average molecular weight is 283 g/mol. The first-order chi connectivity index (χ1) is 9.26. The average Bonchev–Trinajstić information content (AvgIpc) is 2.31. The van der Waals surface area contributed by atoms with Gasteiger partial charge in [-0.15, -0.1) is 0 Å². The quantitative estimate of drug-likeness (QED) is 0.381. The Hall–Kier alpha value is -1.99. The monoisotopic (exact) mass is 283 g/mol. The summed E-state index contributed by atoms with van der Waals surface area (Å²) < 4.78 is 10.2. The Morgan fingerprint density at radius 2 is 2.05 bits per heavy atom. The number of nitrogens with one attached hydrogen (secondary N) is 2. The van der Waals surface area contributed by atoms with E-state index in [1.165, 1.54) is 7.11 Å². The molecule has 7 nitrogen and oxygen atoms in total. The van der Waals surface area contributed by atoms with E-state index in [2.05, 4.69) is 10.7 Å². The predicted octanol–water partition coefficient (Wildman–Crippen LogP) is 1.71. The molecule has 0 aromatic heterocycles. The first-order valence-electron chi connectivity index (χ1n) is 6.10. The van der Waals surface area contributed by atoms with Crippen molar-refractivity contribution >= 4 is 11.8 Å². The smallest absolute Gasteiger partial charge is 0.412 e. The summed E-state index contributed by atoms with van der Waals surface area (Å²) in [5.41, 5.74) is 2.81. The third kappa shape index (κ3) is 4.60. The summed E-state index contributed by atoms with van der Waals surface area (Å²) in [6.45, 7) is 5.62. The topological polar surface area (TPSA) is 106 Å². The van der Waals surface area contributed by atoms with Crippen LogP contribution >= 0.6 is 0 Å². The van der Waals surface area contributed by atoms with Crippen molar-refractivity contribution in [3.05, 3.63) is 17.7 Å². The fraction of sp³-hybridized carbons (Fsp3) is 0.462. The molecule has 112 valence electrons. The number of hydrogen-bond acceptors (Lipinski definition) is 6. The maximum atomic E-state index is 11.7. The molecule has 0 atom stereocenters. The number of carbonyl (C=O) groups excluding carboxylic acids is 1. The van der Waals surface area contributed by atoms with Crippen LogP contribution in [0, 0.1) is 0 Å². The lowest BCUT2D eigenvalue weighted by Crippen LogP contribution is -2.27. The van der Waals surface area contributed by atoms with Crippen LogP contribution in [-0.4, -0.2) is 23.9 Å². The Balaban J connectivity index is 2.98. The van der Waals surface area contributed by atoms with Crippen molar-refractivity contribution < 1.29 is 19.4 Å². The van der Waals surface area contributed by atoms with E-state index in [0.29, 0.717) is 6.54 Å². The third-order valence-electron chi connectivity index (χ3n) is 2.30. The first-order valence-corrected chi connectivity index (χ1v) is 6.10. The highest BCUT2D eigenvalue weighted by Gasteiger charge is 2.19. The van der Waals surface area contributed by atoms with E-state index in [0.717, 1.165) is 5.56 Å². The molecule has 1 rings (SSSR count). The number of rotatable bonds is 4. The van der Waals surface area contributed by atoms with Gasteiger partial charge in [-0.25, -0.2) is 4.79 Å². The molecule has 0 spiro atoms. The fourth-order valence-electron chi connectivity index (χ4n) is 1.55. The van der Waals surface area contributed by atoms with Gasteiger partial charge in [0, 0.05) is 6.54 Å². The van der Waals surface area contributed by atoms with Gasteiger partial charge < -0.3 is 14.6 Å². The standard InChI is InChI=1S/C13H21N3O4/c1-13(2,3)20-12(18)16-9-5-8(7-15-14)6-10(19-4)11(9)17/h5-6,15,17H,7,14H2,1-4H3,(H,16,18). The van der Waals surface area contributed by atoms with Crippen molar-refractivity contribution in [3.63, 3.8) is 0 Å². The van der Waals surface area contributed by atoms with Gasteiger partial charge in [0.05, 0.1) is 12.8 Å². The van der Waals surface area contributed by atoms with Crippen LogP contribution in [0.4, 0.5) is 10.5 Å². The number of hydrogen-bond donors (Lipinski definition) is 4. The lowest BCUT2D eigenvalue weighted by atomic mass is 10.1. The second-order valence-electron chi connectivity index (χ2n) is 5.20. The van der Waals surface area contributed by atoms with Crippen LogP contribution in [-0.2, 0) is 11.3 Å². The van der Waals surface area contributed by atoms with Crippen LogP contribution in [0.5, 0.6) is 11.5 Å². The van der Waals surface area contributed by atoms with E-state index in [1.807, 2.05) is 0 Å². The molecular weight excluding hydrogens is 262 g/mol. The summed E-state index contributed by atoms with van der Waals surface area (Å²) in [4.78, 5) is 11.7. The number of amides is 1. The van der Waals surface area contributed by atoms with Gasteiger partial charge in [-0.1, -0.05) is 0 Å². The number of benzene rings is 1. The Morgan fingerprint density at radius 1 is 1.40 bits per heavy atom. The molecule has 0 saturated carbocycles. The molecule has 1 amide bonds. The number of ether oxygens (including phenoxy) is 2. The van der Waals surface area contributed by atoms with Gasteiger partial charge in [0.25, 0.3) is 0 Å². The zero-order valence-electron chi connectivity index (χ0n) is 12.1. The van der Waals surface area contributed by atoms with Crippen molar-refractivity contribution in [2.24, 2.45) is 5.84 Å². The molecule has 1 aromatic rings. The van der Waals surface area contributed by atoms with E-state index < -0.39 is 11.7 Å². The predicted molar refractivity (Wildman–Crippen MR) is 75.5 cm³/mol. The van der Waals surface area contributed by atoms with Gasteiger partial charge in [-0.2, -0.15) is 0 Å². The Kier molecular flexibility index (Phi) is 5.18. The van der Waals surface area contributed by atoms with Gasteiger partial charge in [0.15, 0.2) is 11.5 Å². The number of nitrogens with two attached hydrogens (primary N) is 1. The maximum Gasteiger partial charge on any atom is 0.412 e. The molecule has 0 saturated heterocycles. The van der Waals surface area contributed by atoms with Crippen LogP contribution in [0.3, 0.4) is 0 Å². The van der Waals surface area contributed by atoms with Crippen LogP contribution in [0.15, 0.2) is 12.1 Å². The summed E-state index contributed by atoms with van der Waals surface area (Å²) in [5.74, 6) is 5.33. The molecule has 0 heterocycles. The summed E-state index contributed by atoms with van der Waals surface area (Å²) in [7, 11) is 1.42. The molecule has 0 aliphatic heterocycles. The molecule has 20 heavy (non-hydrogen) atoms. The number of phenolic OH excluding ortho intramolecular Hbond substituents is 1. The lowest BCUT2D eigenvalue weighted by Gasteiger charge is -2.20. The van der Waals surface area contributed by atoms with Gasteiger partial charge in [0.1, 0.15) is 5.60 Å². The highest BCUT2D eigenvalue weighted by atomic mass is 16.6. The minimum Gasteiger partial charge on any atom is -0.503 e. The van der Waals surface area contributed by atoms with Crippen LogP contribution in [0.2, 0.25) is 0 Å². The largest absolute Gasteiger partial charge is 0.503 e. The molecule has 0 unspecified atom stereocenters. The van der Waals surface area contributed by atoms with Crippen molar-refractivity contribution in [3.8, 4) is 11.5 Å². The van der Waals surface area contributed by atoms with E-state index in [1.54, 1.807) is 32.9 Å². The minimum absolute atomic E-state index is 0.167. The molecule has 0 aliphatic rings. The minimum atomic E-state index is -0.660. The SMILES string of the molecule is COc1cc(CNN)cc(NC(=O)OC(C)(C)C)c1O. The van der Waals surface area contributed by atoms with Gasteiger partial charge in [-0.3, -0.25) is 16.6 Å². The van der Waals surface area contributed by atoms with E-state index in [4.69, 9.17) is 15.3 Å². The normalized spacial score (nSPS) is 11.1. The summed E-state index contributed by atoms with van der Waals surface area (Å²) in [5, 5.41) is 12.5. The van der Waals surface area contributed by atoms with Crippen LogP contribution in [0.1, 0.15) is 26.3 Å². The van der Waals surface area contributed by atoms with Gasteiger partial charge >= 0.3 is 6.09 Å². The molecule has 0 fully saturated rings. The number of carbonyl (C=O) groups is 1. The first kappa shape index (κ1) is 16.1. The second kappa shape index (κ2) is 6.44. The van der Waals surface area contributed by atoms with Gasteiger partial charge in [-0.05, 0) is 38.5 Å². The molecular formula is C13H21N3O4. The number of methoxy groups -OCH3 is 1. The molecule has 0 aliphatic carbocycles. The molecule has 0 bridgehead atoms. The highest BCUT2D eigenvalue weighted by molar-refractivity contribution is 5.88. The van der Waals surface area contributed by atoms with Crippen LogP contribution < -0.4 is 21.3 Å². The zero-order valence-corrected chi connectivity index (χ0v) is 12.1. The lowest BCUT2D eigenvalue weighted by molar-refractivity contribution is 0.0635. The molecule has 5 N–H and O–H groups in total. The Bertz CT molecular complexity index is 483. The number of aromatic hydroxyl groups is 1. The highest BCUT2D eigenvalue weighted by Crippen LogP contribution is 2.35. The number of anilines is 1. The van der Waals surface area contributed by atoms with Gasteiger partial charge in [0.2, 0.25) is 0 Å². The maximum absolute atomic E-state index is 11.7. The van der Waals surface area contributed by atoms with Crippen molar-refractivity contribution in [1.29, 1.82) is 0 Å². The van der Waals surface area contributed by atoms with E-state index in [9.17, 15) is 9.90 Å². The summed E-state index contributed by atoms with van der Waals surface area (Å²) in [6, 6.07) is 3.21. The zero-order chi connectivity index (χ0) is 15.3. The number of phenols is 1. The summed E-state index contributed by atoms with van der Waals surface area (Å²) >= 11 is 0. The Morgan fingerprint density at radius 3 is 2.55 bits per heavy atom. The van der Waals surface area contributed by atoms with Crippen molar-refractivity contribution in [2.75, 3.05) is 12.4 Å². The fourth-order valence-corrected chi connectivity index (χ4v) is 1.55. The molecule has 1 aromatic carbocycles. The second-order valence-corrected chi connectivity index (χ2v) is 5.20. The van der Waals surface area contributed by atoms with Crippen molar-refractivity contribution in [2.45, 2.75) is 32.9 Å². The van der Waals surface area contributed by atoms with E-state index >= 15 is 0 Å². The third-order valence-corrected chi connectivity index (χ3v) is 2.30.